The van der Waals surface area contributed by atoms with E-state index in [4.69, 9.17) is 17.4 Å². The number of hydrogen-bond acceptors (Lipinski definition) is 3. The van der Waals surface area contributed by atoms with Crippen LogP contribution in [-0.4, -0.2) is 4.98 Å². The van der Waals surface area contributed by atoms with Gasteiger partial charge in [0.05, 0.1) is 16.6 Å². The lowest BCUT2D eigenvalue weighted by atomic mass is 9.98. The van der Waals surface area contributed by atoms with Crippen LogP contribution in [0.25, 0.3) is 10.9 Å². The van der Waals surface area contributed by atoms with Crippen LogP contribution in [0.3, 0.4) is 0 Å². The van der Waals surface area contributed by atoms with Crippen LogP contribution in [0, 0.1) is 5.82 Å². The summed E-state index contributed by atoms with van der Waals surface area (Å²) in [5.41, 5.74) is 5.00. The molecule has 5 heteroatoms. The van der Waals surface area contributed by atoms with Crippen LogP contribution in [0.2, 0.25) is 5.02 Å². The van der Waals surface area contributed by atoms with Gasteiger partial charge in [0.15, 0.2) is 0 Å². The normalized spacial score (nSPS) is 12.5. The van der Waals surface area contributed by atoms with Crippen molar-refractivity contribution in [1.29, 1.82) is 0 Å². The van der Waals surface area contributed by atoms with Gasteiger partial charge in [-0.15, -0.1) is 0 Å². The third kappa shape index (κ3) is 2.61. The maximum absolute atomic E-state index is 13.6. The van der Waals surface area contributed by atoms with Crippen LogP contribution in [0.15, 0.2) is 54.7 Å². The number of nitrogens with two attached hydrogens (primary N) is 1. The molecular formula is C16H13ClFN3. The Morgan fingerprint density at radius 2 is 2.00 bits per heavy atom. The molecule has 0 aliphatic carbocycles. The Morgan fingerprint density at radius 1 is 1.14 bits per heavy atom. The molecule has 0 fully saturated rings. The van der Waals surface area contributed by atoms with E-state index in [2.05, 4.69) is 10.4 Å². The summed E-state index contributed by atoms with van der Waals surface area (Å²) in [6, 6.07) is 13.9. The molecule has 0 saturated heterocycles. The topological polar surface area (TPSA) is 50.9 Å². The first kappa shape index (κ1) is 13.9. The minimum absolute atomic E-state index is 0.0709. The van der Waals surface area contributed by atoms with Gasteiger partial charge in [0.1, 0.15) is 5.82 Å². The molecule has 0 bridgehead atoms. The lowest BCUT2D eigenvalue weighted by Crippen LogP contribution is -2.29. The predicted molar refractivity (Wildman–Crippen MR) is 82.3 cm³/mol. The highest BCUT2D eigenvalue weighted by Gasteiger charge is 2.18. The van der Waals surface area contributed by atoms with Gasteiger partial charge in [-0.3, -0.25) is 10.8 Å². The van der Waals surface area contributed by atoms with E-state index in [1.807, 2.05) is 30.3 Å². The second kappa shape index (κ2) is 5.77. The van der Waals surface area contributed by atoms with E-state index < -0.39 is 11.9 Å². The van der Waals surface area contributed by atoms with E-state index in [0.29, 0.717) is 5.56 Å². The van der Waals surface area contributed by atoms with Gasteiger partial charge in [-0.25, -0.2) is 9.82 Å². The van der Waals surface area contributed by atoms with Gasteiger partial charge in [0, 0.05) is 11.6 Å². The zero-order valence-electron chi connectivity index (χ0n) is 11.1. The Labute approximate surface area is 126 Å². The molecule has 2 aromatic carbocycles. The summed E-state index contributed by atoms with van der Waals surface area (Å²) in [5.74, 6) is 5.18. The number of pyridine rings is 1. The average molecular weight is 302 g/mol. The Kier molecular flexibility index (Phi) is 3.84. The quantitative estimate of drug-likeness (QED) is 0.574. The second-order valence-electron chi connectivity index (χ2n) is 4.70. The second-order valence-corrected chi connectivity index (χ2v) is 5.08. The lowest BCUT2D eigenvalue weighted by Gasteiger charge is -2.18. The number of hydrazine groups is 1. The Hall–Kier alpha value is -2.01. The van der Waals surface area contributed by atoms with E-state index in [9.17, 15) is 4.39 Å². The van der Waals surface area contributed by atoms with E-state index in [0.717, 1.165) is 16.5 Å². The molecule has 3 nitrogen and oxygen atoms in total. The first-order chi connectivity index (χ1) is 10.2. The molecule has 1 unspecified atom stereocenters. The molecule has 3 N–H and O–H groups in total. The SMILES string of the molecule is NNC(c1ccc2cccnc2c1)c1cccc(F)c1Cl. The fourth-order valence-corrected chi connectivity index (χ4v) is 2.61. The van der Waals surface area contributed by atoms with E-state index >= 15 is 0 Å². The maximum atomic E-state index is 13.6. The highest BCUT2D eigenvalue weighted by Crippen LogP contribution is 2.30. The molecule has 0 saturated carbocycles. The summed E-state index contributed by atoms with van der Waals surface area (Å²) in [4.78, 5) is 4.32. The number of hydrogen-bond donors (Lipinski definition) is 2. The highest BCUT2D eigenvalue weighted by atomic mass is 35.5. The molecule has 3 aromatic rings. The summed E-state index contributed by atoms with van der Waals surface area (Å²) in [5, 5.41) is 1.10. The molecule has 0 aliphatic rings. The molecule has 0 amide bonds. The fraction of sp³-hybridized carbons (Fsp3) is 0.0625. The van der Waals surface area contributed by atoms with Crippen molar-refractivity contribution in [3.05, 3.63) is 76.7 Å². The van der Waals surface area contributed by atoms with Crippen LogP contribution >= 0.6 is 11.6 Å². The molecule has 3 rings (SSSR count). The van der Waals surface area contributed by atoms with Crippen molar-refractivity contribution in [1.82, 2.24) is 10.4 Å². The lowest BCUT2D eigenvalue weighted by molar-refractivity contribution is 0.606. The van der Waals surface area contributed by atoms with Gasteiger partial charge < -0.3 is 0 Å². The minimum atomic E-state index is -0.465. The number of rotatable bonds is 3. The largest absolute Gasteiger partial charge is 0.271 e. The molecule has 0 aliphatic heterocycles. The summed E-state index contributed by atoms with van der Waals surface area (Å²) < 4.78 is 13.6. The standard InChI is InChI=1S/C16H13ClFN3/c17-15-12(4-1-5-13(15)18)16(21-19)11-7-6-10-3-2-8-20-14(10)9-11/h1-9,16,21H,19H2. The van der Waals surface area contributed by atoms with Crippen LogP contribution < -0.4 is 11.3 Å². The third-order valence-electron chi connectivity index (χ3n) is 3.42. The van der Waals surface area contributed by atoms with Gasteiger partial charge in [-0.1, -0.05) is 41.9 Å². The molecule has 1 heterocycles. The summed E-state index contributed by atoms with van der Waals surface area (Å²) in [6.45, 7) is 0. The summed E-state index contributed by atoms with van der Waals surface area (Å²) in [7, 11) is 0. The fourth-order valence-electron chi connectivity index (χ4n) is 2.37. The Balaban J connectivity index is 2.11. The third-order valence-corrected chi connectivity index (χ3v) is 3.82. The van der Waals surface area contributed by atoms with Gasteiger partial charge in [-0.05, 0) is 29.3 Å². The number of nitrogens with one attached hydrogen (secondary N) is 1. The van der Waals surface area contributed by atoms with Crippen molar-refractivity contribution in [2.75, 3.05) is 0 Å². The Bertz CT molecular complexity index is 791. The monoisotopic (exact) mass is 301 g/mol. The number of nitrogens with zero attached hydrogens (tertiary/aromatic N) is 1. The van der Waals surface area contributed by atoms with Gasteiger partial charge >= 0.3 is 0 Å². The smallest absolute Gasteiger partial charge is 0.142 e. The van der Waals surface area contributed by atoms with Gasteiger partial charge in [-0.2, -0.15) is 0 Å². The zero-order valence-corrected chi connectivity index (χ0v) is 11.8. The Morgan fingerprint density at radius 3 is 2.81 bits per heavy atom. The number of halogens is 2. The molecule has 106 valence electrons. The first-order valence-corrected chi connectivity index (χ1v) is 6.83. The van der Waals surface area contributed by atoms with Crippen LogP contribution in [0.1, 0.15) is 17.2 Å². The minimum Gasteiger partial charge on any atom is -0.271 e. The average Bonchev–Trinajstić information content (AvgIpc) is 2.52. The van der Waals surface area contributed by atoms with Crippen molar-refractivity contribution in [2.45, 2.75) is 6.04 Å². The van der Waals surface area contributed by atoms with Crippen LogP contribution in [0.4, 0.5) is 4.39 Å². The molecular weight excluding hydrogens is 289 g/mol. The molecule has 0 spiro atoms. The molecule has 1 aromatic heterocycles. The molecule has 0 radical (unpaired) electrons. The predicted octanol–water partition coefficient (Wildman–Crippen LogP) is 3.58. The first-order valence-electron chi connectivity index (χ1n) is 6.45. The van der Waals surface area contributed by atoms with Crippen molar-refractivity contribution in [2.24, 2.45) is 5.84 Å². The van der Waals surface area contributed by atoms with Crippen molar-refractivity contribution >= 4 is 22.5 Å². The maximum Gasteiger partial charge on any atom is 0.142 e. The van der Waals surface area contributed by atoms with Crippen molar-refractivity contribution in [3.63, 3.8) is 0 Å². The molecule has 1 atom stereocenters. The zero-order chi connectivity index (χ0) is 14.8. The van der Waals surface area contributed by atoms with E-state index in [1.54, 1.807) is 18.3 Å². The number of fused-ring (bicyclic) bond motifs is 1. The van der Waals surface area contributed by atoms with Crippen LogP contribution in [0.5, 0.6) is 0 Å². The van der Waals surface area contributed by atoms with E-state index in [-0.39, 0.29) is 5.02 Å². The van der Waals surface area contributed by atoms with Crippen molar-refractivity contribution in [3.8, 4) is 0 Å². The van der Waals surface area contributed by atoms with Crippen molar-refractivity contribution < 1.29 is 4.39 Å². The molecule has 21 heavy (non-hydrogen) atoms. The van der Waals surface area contributed by atoms with E-state index in [1.165, 1.54) is 6.07 Å². The number of benzene rings is 2. The van der Waals surface area contributed by atoms with Crippen LogP contribution in [-0.2, 0) is 0 Å². The summed E-state index contributed by atoms with van der Waals surface area (Å²) >= 11 is 6.05. The summed E-state index contributed by atoms with van der Waals surface area (Å²) in [6.07, 6.45) is 1.73. The van der Waals surface area contributed by atoms with Gasteiger partial charge in [0.2, 0.25) is 0 Å². The highest BCUT2D eigenvalue weighted by molar-refractivity contribution is 6.31. The van der Waals surface area contributed by atoms with Gasteiger partial charge in [0.25, 0.3) is 0 Å². The number of aromatic nitrogens is 1.